The SMILES string of the molecule is N#CCCSc1nc(N)c2ccsc2n1. The van der Waals surface area contributed by atoms with Crippen LogP contribution in [0, 0.1) is 11.3 Å². The number of fused-ring (bicyclic) bond motifs is 1. The molecule has 0 unspecified atom stereocenters. The van der Waals surface area contributed by atoms with Gasteiger partial charge in [-0.2, -0.15) is 5.26 Å². The second-order valence-electron chi connectivity index (χ2n) is 2.79. The van der Waals surface area contributed by atoms with Gasteiger partial charge >= 0.3 is 0 Å². The normalized spacial score (nSPS) is 10.3. The van der Waals surface area contributed by atoms with Crippen molar-refractivity contribution >= 4 is 39.1 Å². The van der Waals surface area contributed by atoms with Crippen molar-refractivity contribution in [2.24, 2.45) is 0 Å². The molecule has 0 aliphatic rings. The summed E-state index contributed by atoms with van der Waals surface area (Å²) < 4.78 is 0. The molecule has 0 spiro atoms. The van der Waals surface area contributed by atoms with Crippen molar-refractivity contribution in [3.63, 3.8) is 0 Å². The van der Waals surface area contributed by atoms with Crippen LogP contribution in [0.5, 0.6) is 0 Å². The molecular formula is C9H8N4S2. The summed E-state index contributed by atoms with van der Waals surface area (Å²) in [6.07, 6.45) is 0.496. The number of thioether (sulfide) groups is 1. The van der Waals surface area contributed by atoms with Crippen molar-refractivity contribution in [2.45, 2.75) is 11.6 Å². The number of nitriles is 1. The molecule has 0 radical (unpaired) electrons. The van der Waals surface area contributed by atoms with Crippen molar-refractivity contribution in [3.05, 3.63) is 11.4 Å². The smallest absolute Gasteiger partial charge is 0.190 e. The topological polar surface area (TPSA) is 75.6 Å². The molecule has 0 atom stereocenters. The molecule has 6 heteroatoms. The van der Waals surface area contributed by atoms with Gasteiger partial charge in [-0.05, 0) is 11.4 Å². The van der Waals surface area contributed by atoms with E-state index in [1.807, 2.05) is 11.4 Å². The lowest BCUT2D eigenvalue weighted by molar-refractivity contribution is 1.02. The van der Waals surface area contributed by atoms with Gasteiger partial charge in [0.15, 0.2) is 5.16 Å². The minimum Gasteiger partial charge on any atom is -0.383 e. The van der Waals surface area contributed by atoms with E-state index >= 15 is 0 Å². The summed E-state index contributed by atoms with van der Waals surface area (Å²) in [6.45, 7) is 0. The van der Waals surface area contributed by atoms with Gasteiger partial charge in [-0.3, -0.25) is 0 Å². The van der Waals surface area contributed by atoms with Crippen LogP contribution >= 0.6 is 23.1 Å². The van der Waals surface area contributed by atoms with Crippen molar-refractivity contribution in [1.82, 2.24) is 9.97 Å². The van der Waals surface area contributed by atoms with Crippen LogP contribution in [0.15, 0.2) is 16.6 Å². The van der Waals surface area contributed by atoms with Gasteiger partial charge in [-0.15, -0.1) is 11.3 Å². The van der Waals surface area contributed by atoms with E-state index in [1.165, 1.54) is 11.8 Å². The van der Waals surface area contributed by atoms with Gasteiger partial charge in [0, 0.05) is 12.2 Å². The second-order valence-corrected chi connectivity index (χ2v) is 4.74. The highest BCUT2D eigenvalue weighted by Crippen LogP contribution is 2.26. The average Bonchev–Trinajstić information content (AvgIpc) is 2.66. The van der Waals surface area contributed by atoms with Gasteiger partial charge in [-0.1, -0.05) is 11.8 Å². The number of anilines is 1. The molecule has 0 saturated carbocycles. The monoisotopic (exact) mass is 236 g/mol. The molecule has 0 bridgehead atoms. The highest BCUT2D eigenvalue weighted by atomic mass is 32.2. The van der Waals surface area contributed by atoms with E-state index in [9.17, 15) is 0 Å². The van der Waals surface area contributed by atoms with Crippen LogP contribution < -0.4 is 5.73 Å². The van der Waals surface area contributed by atoms with Gasteiger partial charge in [0.2, 0.25) is 0 Å². The maximum atomic E-state index is 8.41. The maximum absolute atomic E-state index is 8.41. The molecular weight excluding hydrogens is 228 g/mol. The molecule has 0 fully saturated rings. The fourth-order valence-corrected chi connectivity index (χ4v) is 2.63. The lowest BCUT2D eigenvalue weighted by Gasteiger charge is -1.99. The predicted octanol–water partition coefficient (Wildman–Crippen LogP) is 2.28. The highest BCUT2D eigenvalue weighted by molar-refractivity contribution is 7.99. The van der Waals surface area contributed by atoms with Crippen LogP contribution in [0.25, 0.3) is 10.2 Å². The molecule has 76 valence electrons. The van der Waals surface area contributed by atoms with Crippen molar-refractivity contribution in [2.75, 3.05) is 11.5 Å². The summed E-state index contributed by atoms with van der Waals surface area (Å²) in [4.78, 5) is 9.43. The largest absolute Gasteiger partial charge is 0.383 e. The number of nitrogens with zero attached hydrogens (tertiary/aromatic N) is 3. The standard InChI is InChI=1S/C9H8N4S2/c10-3-1-4-15-9-12-7(11)6-2-5-14-8(6)13-9/h2,5H,1,4H2,(H2,11,12,13). The Bertz CT molecular complexity index is 514. The molecule has 2 heterocycles. The summed E-state index contributed by atoms with van der Waals surface area (Å²) in [6, 6.07) is 4.00. The molecule has 0 amide bonds. The first-order valence-corrected chi connectivity index (χ1v) is 6.18. The summed E-state index contributed by atoms with van der Waals surface area (Å²) >= 11 is 3.00. The maximum Gasteiger partial charge on any atom is 0.190 e. The minimum atomic E-state index is 0.496. The molecule has 2 rings (SSSR count). The first kappa shape index (κ1) is 10.2. The number of hydrogen-bond acceptors (Lipinski definition) is 6. The van der Waals surface area contributed by atoms with E-state index in [0.29, 0.717) is 23.1 Å². The Morgan fingerprint density at radius 3 is 3.20 bits per heavy atom. The molecule has 2 N–H and O–H groups in total. The zero-order chi connectivity index (χ0) is 10.7. The van der Waals surface area contributed by atoms with Gasteiger partial charge in [0.1, 0.15) is 10.6 Å². The minimum absolute atomic E-state index is 0.496. The van der Waals surface area contributed by atoms with E-state index in [2.05, 4.69) is 16.0 Å². The van der Waals surface area contributed by atoms with Crippen LogP contribution in [0.3, 0.4) is 0 Å². The quantitative estimate of drug-likeness (QED) is 0.502. The molecule has 15 heavy (non-hydrogen) atoms. The molecule has 0 aliphatic heterocycles. The third-order valence-corrected chi connectivity index (χ3v) is 3.43. The van der Waals surface area contributed by atoms with E-state index in [0.717, 1.165) is 10.2 Å². The van der Waals surface area contributed by atoms with Crippen molar-refractivity contribution in [3.8, 4) is 6.07 Å². The Kier molecular flexibility index (Phi) is 3.04. The van der Waals surface area contributed by atoms with Crippen LogP contribution in [-0.4, -0.2) is 15.7 Å². The van der Waals surface area contributed by atoms with Gasteiger partial charge in [0.05, 0.1) is 11.5 Å². The second kappa shape index (κ2) is 4.47. The molecule has 0 aliphatic carbocycles. The molecule has 0 saturated heterocycles. The number of nitrogens with two attached hydrogens (primary N) is 1. The van der Waals surface area contributed by atoms with Gasteiger partial charge in [-0.25, -0.2) is 9.97 Å². The Balaban J connectivity index is 2.25. The van der Waals surface area contributed by atoms with Crippen molar-refractivity contribution in [1.29, 1.82) is 5.26 Å². The molecule has 2 aromatic rings. The zero-order valence-corrected chi connectivity index (χ0v) is 9.44. The average molecular weight is 236 g/mol. The Labute approximate surface area is 95.1 Å². The fourth-order valence-electron chi connectivity index (χ4n) is 1.11. The number of aromatic nitrogens is 2. The van der Waals surface area contributed by atoms with Crippen molar-refractivity contribution < 1.29 is 0 Å². The molecule has 2 aromatic heterocycles. The first-order chi connectivity index (χ1) is 7.31. The van der Waals surface area contributed by atoms with Crippen LogP contribution in [-0.2, 0) is 0 Å². The summed E-state index contributed by atoms with van der Waals surface area (Å²) in [5.74, 6) is 1.22. The van der Waals surface area contributed by atoms with Crippen LogP contribution in [0.1, 0.15) is 6.42 Å². The van der Waals surface area contributed by atoms with Gasteiger partial charge < -0.3 is 5.73 Å². The fraction of sp³-hybridized carbons (Fsp3) is 0.222. The van der Waals surface area contributed by atoms with E-state index in [-0.39, 0.29) is 0 Å². The molecule has 4 nitrogen and oxygen atoms in total. The first-order valence-electron chi connectivity index (χ1n) is 4.31. The van der Waals surface area contributed by atoms with E-state index < -0.39 is 0 Å². The Morgan fingerprint density at radius 1 is 1.53 bits per heavy atom. The summed E-state index contributed by atoms with van der Waals surface area (Å²) in [5, 5.41) is 11.9. The number of hydrogen-bond donors (Lipinski definition) is 1. The summed E-state index contributed by atoms with van der Waals surface area (Å²) in [7, 11) is 0. The zero-order valence-electron chi connectivity index (χ0n) is 7.80. The van der Waals surface area contributed by atoms with Gasteiger partial charge in [0.25, 0.3) is 0 Å². The third-order valence-electron chi connectivity index (χ3n) is 1.78. The van der Waals surface area contributed by atoms with E-state index in [4.69, 9.17) is 11.0 Å². The number of nitrogen functional groups attached to an aromatic ring is 1. The van der Waals surface area contributed by atoms with Crippen LogP contribution in [0.4, 0.5) is 5.82 Å². The summed E-state index contributed by atoms with van der Waals surface area (Å²) in [5.41, 5.74) is 5.78. The lowest BCUT2D eigenvalue weighted by Crippen LogP contribution is -1.95. The number of rotatable bonds is 3. The van der Waals surface area contributed by atoms with Crippen LogP contribution in [0.2, 0.25) is 0 Å². The Hall–Kier alpha value is -1.32. The Morgan fingerprint density at radius 2 is 2.40 bits per heavy atom. The third kappa shape index (κ3) is 2.19. The molecule has 0 aromatic carbocycles. The van der Waals surface area contributed by atoms with E-state index in [1.54, 1.807) is 11.3 Å². The lowest BCUT2D eigenvalue weighted by atomic mass is 10.4. The number of thiophene rings is 1. The predicted molar refractivity (Wildman–Crippen MR) is 62.8 cm³/mol. The highest BCUT2D eigenvalue weighted by Gasteiger charge is 2.06.